The van der Waals surface area contributed by atoms with Crippen LogP contribution in [0.5, 0.6) is 11.5 Å². The molecule has 1 aromatic carbocycles. The van der Waals surface area contributed by atoms with Gasteiger partial charge in [0.25, 0.3) is 0 Å². The van der Waals surface area contributed by atoms with Crippen LogP contribution in [0, 0.1) is 0 Å². The van der Waals surface area contributed by atoms with E-state index in [0.29, 0.717) is 17.8 Å². The highest BCUT2D eigenvalue weighted by Crippen LogP contribution is 2.28. The normalized spacial score (nSPS) is 9.71. The largest absolute Gasteiger partial charge is 0.493 e. The second-order valence-corrected chi connectivity index (χ2v) is 2.91. The molecule has 0 fully saturated rings. The Morgan fingerprint density at radius 3 is 2.94 bits per heavy atom. The Bertz CT molecular complexity index is 465. The highest BCUT2D eigenvalue weighted by Gasteiger charge is 2.03. The summed E-state index contributed by atoms with van der Waals surface area (Å²) in [5.41, 5.74) is 8.93. The Morgan fingerprint density at radius 1 is 1.47 bits per heavy atom. The molecule has 0 radical (unpaired) electrons. The first kappa shape index (κ1) is 12.6. The fourth-order valence-corrected chi connectivity index (χ4v) is 1.18. The molecule has 0 saturated carbocycles. The summed E-state index contributed by atoms with van der Waals surface area (Å²) < 4.78 is 10.3. The van der Waals surface area contributed by atoms with Crippen LogP contribution in [0.15, 0.2) is 29.4 Å². The van der Waals surface area contributed by atoms with E-state index in [0.717, 1.165) is 5.56 Å². The molecular weight excluding hydrogens is 222 g/mol. The summed E-state index contributed by atoms with van der Waals surface area (Å²) >= 11 is 0. The lowest BCUT2D eigenvalue weighted by Crippen LogP contribution is -1.96. The van der Waals surface area contributed by atoms with Gasteiger partial charge in [-0.1, -0.05) is 17.3 Å². The number of hydrogen-bond donors (Lipinski definition) is 0. The van der Waals surface area contributed by atoms with Crippen molar-refractivity contribution in [2.45, 2.75) is 0 Å². The maximum atomic E-state index is 10.2. The van der Waals surface area contributed by atoms with Crippen LogP contribution in [0.25, 0.3) is 16.5 Å². The van der Waals surface area contributed by atoms with E-state index in [9.17, 15) is 4.79 Å². The van der Waals surface area contributed by atoms with E-state index < -0.39 is 0 Å². The fourth-order valence-electron chi connectivity index (χ4n) is 1.18. The number of rotatable bonds is 6. The zero-order valence-electron chi connectivity index (χ0n) is 9.24. The molecule has 88 valence electrons. The predicted molar refractivity (Wildman–Crippen MR) is 62.7 cm³/mol. The summed E-state index contributed by atoms with van der Waals surface area (Å²) in [6.45, 7) is -0.101. The monoisotopic (exact) mass is 233 g/mol. The Labute approximate surface area is 98.1 Å². The predicted octanol–water partition coefficient (Wildman–Crippen LogP) is 2.55. The van der Waals surface area contributed by atoms with Crippen LogP contribution in [0.4, 0.5) is 0 Å². The lowest BCUT2D eigenvalue weighted by Gasteiger charge is -2.09. The third-order valence-corrected chi connectivity index (χ3v) is 1.90. The van der Waals surface area contributed by atoms with Crippen LogP contribution in [-0.2, 0) is 4.79 Å². The maximum absolute atomic E-state index is 10.2. The minimum atomic E-state index is -0.101. The van der Waals surface area contributed by atoms with Crippen molar-refractivity contribution in [2.75, 3.05) is 13.8 Å². The Balaban J connectivity index is 2.88. The minimum Gasteiger partial charge on any atom is -0.493 e. The third kappa shape index (κ3) is 3.89. The molecule has 0 aliphatic heterocycles. The molecule has 0 saturated heterocycles. The van der Waals surface area contributed by atoms with E-state index in [1.165, 1.54) is 13.2 Å². The molecule has 0 heterocycles. The molecule has 0 spiro atoms. The molecule has 0 aliphatic carbocycles. The summed E-state index contributed by atoms with van der Waals surface area (Å²) in [5.74, 6) is 0.981. The first-order valence-electron chi connectivity index (χ1n) is 4.75. The smallest absolute Gasteiger partial charge is 0.167 e. The summed E-state index contributed by atoms with van der Waals surface area (Å²) in [4.78, 5) is 12.8. The molecule has 6 heteroatoms. The van der Waals surface area contributed by atoms with Crippen molar-refractivity contribution >= 4 is 12.4 Å². The molecule has 6 nitrogen and oxygen atoms in total. The Morgan fingerprint density at radius 2 is 2.29 bits per heavy atom. The van der Waals surface area contributed by atoms with E-state index in [2.05, 4.69) is 10.0 Å². The lowest BCUT2D eigenvalue weighted by atomic mass is 10.2. The van der Waals surface area contributed by atoms with Gasteiger partial charge in [-0.05, 0) is 29.3 Å². The number of azide groups is 1. The van der Waals surface area contributed by atoms with Gasteiger partial charge >= 0.3 is 0 Å². The van der Waals surface area contributed by atoms with Crippen LogP contribution >= 0.6 is 0 Å². The van der Waals surface area contributed by atoms with Crippen molar-refractivity contribution < 1.29 is 14.3 Å². The standard InChI is InChI=1S/C11H11N3O3/c1-16-11-7-9(3-2-6-15)4-5-10(11)17-8-13-14-12/h2-7H,8H2,1H3/b3-2+. The van der Waals surface area contributed by atoms with Crippen molar-refractivity contribution in [1.82, 2.24) is 0 Å². The molecule has 1 rings (SSSR count). The van der Waals surface area contributed by atoms with E-state index in [-0.39, 0.29) is 6.73 Å². The van der Waals surface area contributed by atoms with Gasteiger partial charge in [0.15, 0.2) is 18.2 Å². The second kappa shape index (κ2) is 6.92. The number of hydrogen-bond acceptors (Lipinski definition) is 4. The second-order valence-electron chi connectivity index (χ2n) is 2.91. The van der Waals surface area contributed by atoms with Crippen molar-refractivity contribution in [3.05, 3.63) is 40.3 Å². The van der Waals surface area contributed by atoms with Gasteiger partial charge in [0.2, 0.25) is 0 Å². The fraction of sp³-hybridized carbons (Fsp3) is 0.182. The summed E-state index contributed by atoms with van der Waals surface area (Å²) in [7, 11) is 1.50. The molecule has 0 unspecified atom stereocenters. The number of carbonyl (C=O) groups is 1. The van der Waals surface area contributed by atoms with Crippen LogP contribution in [0.2, 0.25) is 0 Å². The van der Waals surface area contributed by atoms with Gasteiger partial charge in [0.05, 0.1) is 7.11 Å². The maximum Gasteiger partial charge on any atom is 0.167 e. The van der Waals surface area contributed by atoms with Gasteiger partial charge in [-0.2, -0.15) is 0 Å². The Kier molecular flexibility index (Phi) is 5.13. The van der Waals surface area contributed by atoms with Crippen LogP contribution in [0.3, 0.4) is 0 Å². The molecule has 0 atom stereocenters. The van der Waals surface area contributed by atoms with E-state index in [1.54, 1.807) is 24.3 Å². The molecule has 0 amide bonds. The minimum absolute atomic E-state index is 0.101. The molecule has 0 aliphatic rings. The summed E-state index contributed by atoms with van der Waals surface area (Å²) in [5, 5.41) is 3.26. The molecule has 17 heavy (non-hydrogen) atoms. The first-order valence-corrected chi connectivity index (χ1v) is 4.75. The van der Waals surface area contributed by atoms with E-state index in [4.69, 9.17) is 15.0 Å². The van der Waals surface area contributed by atoms with Crippen molar-refractivity contribution in [3.63, 3.8) is 0 Å². The first-order chi connectivity index (χ1) is 8.31. The SMILES string of the molecule is COc1cc(/C=C/C=O)ccc1OCN=[N+]=[N-]. The van der Waals surface area contributed by atoms with Gasteiger partial charge in [0, 0.05) is 4.91 Å². The van der Waals surface area contributed by atoms with Crippen molar-refractivity contribution in [3.8, 4) is 11.5 Å². The highest BCUT2D eigenvalue weighted by atomic mass is 16.5. The Hall–Kier alpha value is -2.46. The topological polar surface area (TPSA) is 84.3 Å². The quantitative estimate of drug-likeness (QED) is 0.249. The van der Waals surface area contributed by atoms with Crippen LogP contribution in [0.1, 0.15) is 5.56 Å². The van der Waals surface area contributed by atoms with Crippen molar-refractivity contribution in [2.24, 2.45) is 5.11 Å². The molecule has 0 N–H and O–H groups in total. The number of carbonyl (C=O) groups excluding carboxylic acids is 1. The van der Waals surface area contributed by atoms with Crippen LogP contribution in [-0.4, -0.2) is 20.1 Å². The van der Waals surface area contributed by atoms with Crippen molar-refractivity contribution in [1.29, 1.82) is 0 Å². The molecule has 0 bridgehead atoms. The summed E-state index contributed by atoms with van der Waals surface area (Å²) in [6.07, 6.45) is 3.72. The molecule has 1 aromatic rings. The number of methoxy groups -OCH3 is 1. The number of allylic oxidation sites excluding steroid dienone is 1. The number of benzene rings is 1. The lowest BCUT2D eigenvalue weighted by molar-refractivity contribution is -0.104. The number of aldehydes is 1. The summed E-state index contributed by atoms with van der Waals surface area (Å²) in [6, 6.07) is 5.15. The zero-order chi connectivity index (χ0) is 12.5. The van der Waals surface area contributed by atoms with Gasteiger partial charge < -0.3 is 9.47 Å². The third-order valence-electron chi connectivity index (χ3n) is 1.90. The average Bonchev–Trinajstić information content (AvgIpc) is 2.37. The van der Waals surface area contributed by atoms with Gasteiger partial charge in [-0.15, -0.1) is 0 Å². The van der Waals surface area contributed by atoms with Gasteiger partial charge in [-0.3, -0.25) is 4.79 Å². The van der Waals surface area contributed by atoms with E-state index >= 15 is 0 Å². The molecular formula is C11H11N3O3. The van der Waals surface area contributed by atoms with E-state index in [1.807, 2.05) is 0 Å². The van der Waals surface area contributed by atoms with Gasteiger partial charge in [0.1, 0.15) is 6.29 Å². The molecule has 0 aromatic heterocycles. The number of ether oxygens (including phenoxy) is 2. The highest BCUT2D eigenvalue weighted by molar-refractivity contribution is 5.74. The van der Waals surface area contributed by atoms with Gasteiger partial charge in [-0.25, -0.2) is 0 Å². The number of nitrogens with zero attached hydrogens (tertiary/aromatic N) is 3. The average molecular weight is 233 g/mol. The zero-order valence-corrected chi connectivity index (χ0v) is 9.24. The van der Waals surface area contributed by atoms with Crippen LogP contribution < -0.4 is 9.47 Å².